The molecular formula is C14H13ClN4O3. The molecule has 3 N–H and O–H groups in total. The zero-order chi connectivity index (χ0) is 15.7. The second-order valence-electron chi connectivity index (χ2n) is 4.94. The molecule has 0 fully saturated rings. The molecule has 1 aromatic carbocycles. The van der Waals surface area contributed by atoms with Crippen molar-refractivity contribution in [3.8, 4) is 0 Å². The van der Waals surface area contributed by atoms with Crippen molar-refractivity contribution in [3.63, 3.8) is 0 Å². The molecule has 0 saturated heterocycles. The van der Waals surface area contributed by atoms with Crippen LogP contribution in [0.15, 0.2) is 24.3 Å². The Kier molecular flexibility index (Phi) is 3.72. The summed E-state index contributed by atoms with van der Waals surface area (Å²) in [6.45, 7) is 0.709. The number of aromatic nitrogens is 2. The summed E-state index contributed by atoms with van der Waals surface area (Å²) in [4.78, 5) is 24.9. The Bertz CT molecular complexity index is 726. The first-order valence-electron chi connectivity index (χ1n) is 6.65. The molecule has 1 aliphatic heterocycles. The predicted octanol–water partition coefficient (Wildman–Crippen LogP) is 2.35. The highest BCUT2D eigenvalue weighted by Gasteiger charge is 2.27. The third-order valence-electron chi connectivity index (χ3n) is 3.52. The maximum Gasteiger partial charge on any atom is 0.356 e. The average molecular weight is 321 g/mol. The second-order valence-corrected chi connectivity index (χ2v) is 5.38. The van der Waals surface area contributed by atoms with Crippen molar-refractivity contribution in [2.45, 2.75) is 13.0 Å². The fraction of sp³-hybridized carbons (Fsp3) is 0.214. The molecule has 1 aliphatic rings. The summed E-state index contributed by atoms with van der Waals surface area (Å²) in [5, 5.41) is 19.0. The predicted molar refractivity (Wildman–Crippen MR) is 80.1 cm³/mol. The Morgan fingerprint density at radius 2 is 2.05 bits per heavy atom. The van der Waals surface area contributed by atoms with Crippen molar-refractivity contribution in [1.29, 1.82) is 0 Å². The van der Waals surface area contributed by atoms with Crippen LogP contribution in [0.4, 0.5) is 10.5 Å². The van der Waals surface area contributed by atoms with E-state index in [-0.39, 0.29) is 18.3 Å². The number of rotatable bonds is 2. The van der Waals surface area contributed by atoms with E-state index in [1.165, 1.54) is 0 Å². The molecule has 7 nitrogen and oxygen atoms in total. The number of H-pyrrole nitrogens is 1. The number of anilines is 1. The van der Waals surface area contributed by atoms with E-state index >= 15 is 0 Å². The summed E-state index contributed by atoms with van der Waals surface area (Å²) in [5.41, 5.74) is 1.93. The molecule has 114 valence electrons. The van der Waals surface area contributed by atoms with Crippen molar-refractivity contribution in [2.75, 3.05) is 11.9 Å². The Hall–Kier alpha value is -2.54. The summed E-state index contributed by atoms with van der Waals surface area (Å²) in [7, 11) is 0. The van der Waals surface area contributed by atoms with Gasteiger partial charge in [-0.2, -0.15) is 5.10 Å². The largest absolute Gasteiger partial charge is 0.476 e. The lowest BCUT2D eigenvalue weighted by molar-refractivity contribution is 0.0688. The number of nitrogens with one attached hydrogen (secondary N) is 2. The van der Waals surface area contributed by atoms with Crippen LogP contribution < -0.4 is 5.32 Å². The number of carbonyl (C=O) groups is 2. The SMILES string of the molecule is O=C(O)c1n[nH]c2c1CN(C(=O)Nc1ccc(Cl)cc1)CC2. The third-order valence-corrected chi connectivity index (χ3v) is 3.77. The maximum absolute atomic E-state index is 12.3. The fourth-order valence-electron chi connectivity index (χ4n) is 2.38. The number of fused-ring (bicyclic) bond motifs is 1. The number of nitrogens with zero attached hydrogens (tertiary/aromatic N) is 2. The quantitative estimate of drug-likeness (QED) is 0.791. The molecule has 0 unspecified atom stereocenters. The molecular weight excluding hydrogens is 308 g/mol. The average Bonchev–Trinajstić information content (AvgIpc) is 2.92. The van der Waals surface area contributed by atoms with Crippen molar-refractivity contribution in [3.05, 3.63) is 46.2 Å². The van der Waals surface area contributed by atoms with E-state index < -0.39 is 5.97 Å². The van der Waals surface area contributed by atoms with Gasteiger partial charge in [0.15, 0.2) is 5.69 Å². The van der Waals surface area contributed by atoms with Gasteiger partial charge in [0.2, 0.25) is 0 Å². The van der Waals surface area contributed by atoms with Gasteiger partial charge in [0.1, 0.15) is 0 Å². The first-order valence-corrected chi connectivity index (χ1v) is 7.03. The number of carbonyl (C=O) groups excluding carboxylic acids is 1. The molecule has 0 aliphatic carbocycles. The number of hydrogen-bond acceptors (Lipinski definition) is 3. The van der Waals surface area contributed by atoms with E-state index in [1.807, 2.05) is 0 Å². The topological polar surface area (TPSA) is 98.3 Å². The van der Waals surface area contributed by atoms with E-state index in [0.29, 0.717) is 29.2 Å². The second kappa shape index (κ2) is 5.69. The summed E-state index contributed by atoms with van der Waals surface area (Å²) in [5.74, 6) is -1.10. The van der Waals surface area contributed by atoms with Crippen LogP contribution in [0.25, 0.3) is 0 Å². The molecule has 0 radical (unpaired) electrons. The Morgan fingerprint density at radius 1 is 1.32 bits per heavy atom. The van der Waals surface area contributed by atoms with Crippen LogP contribution in [0.1, 0.15) is 21.7 Å². The summed E-state index contributed by atoms with van der Waals surface area (Å²) in [6, 6.07) is 6.49. The molecule has 0 bridgehead atoms. The lowest BCUT2D eigenvalue weighted by Crippen LogP contribution is -2.39. The fourth-order valence-corrected chi connectivity index (χ4v) is 2.51. The van der Waals surface area contributed by atoms with Gasteiger partial charge < -0.3 is 15.3 Å². The molecule has 8 heteroatoms. The van der Waals surface area contributed by atoms with Crippen LogP contribution in [0, 0.1) is 0 Å². The molecule has 22 heavy (non-hydrogen) atoms. The third kappa shape index (κ3) is 2.75. The Morgan fingerprint density at radius 3 is 2.73 bits per heavy atom. The number of carboxylic acids is 1. The number of urea groups is 1. The molecule has 2 amide bonds. The number of carboxylic acid groups (broad SMARTS) is 1. The highest BCUT2D eigenvalue weighted by Crippen LogP contribution is 2.21. The van der Waals surface area contributed by atoms with Gasteiger partial charge in [0, 0.05) is 34.9 Å². The van der Waals surface area contributed by atoms with Crippen molar-refractivity contribution in [1.82, 2.24) is 15.1 Å². The number of amides is 2. The molecule has 2 aromatic rings. The summed E-state index contributed by atoms with van der Waals surface area (Å²) < 4.78 is 0. The highest BCUT2D eigenvalue weighted by molar-refractivity contribution is 6.30. The van der Waals surface area contributed by atoms with Crippen molar-refractivity contribution in [2.24, 2.45) is 0 Å². The molecule has 3 rings (SSSR count). The summed E-state index contributed by atoms with van der Waals surface area (Å²) in [6.07, 6.45) is 0.545. The number of hydrogen-bond donors (Lipinski definition) is 3. The van der Waals surface area contributed by atoms with Gasteiger partial charge in [-0.3, -0.25) is 5.10 Å². The number of halogens is 1. The first kappa shape index (κ1) is 14.4. The monoisotopic (exact) mass is 320 g/mol. The Balaban J connectivity index is 1.73. The van der Waals surface area contributed by atoms with E-state index in [0.717, 1.165) is 5.69 Å². The standard InChI is InChI=1S/C14H13ClN4O3/c15-8-1-3-9(4-2-8)16-14(22)19-6-5-11-10(7-19)12(13(20)21)18-17-11/h1-4H,5-7H2,(H,16,22)(H,17,18)(H,20,21). The molecule has 0 atom stereocenters. The van der Waals surface area contributed by atoms with Gasteiger partial charge in [-0.15, -0.1) is 0 Å². The smallest absolute Gasteiger partial charge is 0.356 e. The Labute approximate surface area is 130 Å². The zero-order valence-electron chi connectivity index (χ0n) is 11.5. The minimum absolute atomic E-state index is 0.0287. The van der Waals surface area contributed by atoms with Crippen LogP contribution in [0.3, 0.4) is 0 Å². The van der Waals surface area contributed by atoms with Gasteiger partial charge in [0.25, 0.3) is 0 Å². The van der Waals surface area contributed by atoms with Gasteiger partial charge in [0.05, 0.1) is 6.54 Å². The van der Waals surface area contributed by atoms with Crippen LogP contribution in [0.5, 0.6) is 0 Å². The molecule has 0 spiro atoms. The van der Waals surface area contributed by atoms with Crippen molar-refractivity contribution < 1.29 is 14.7 Å². The molecule has 1 aromatic heterocycles. The normalized spacial score (nSPS) is 13.6. The van der Waals surface area contributed by atoms with Crippen molar-refractivity contribution >= 4 is 29.3 Å². The minimum Gasteiger partial charge on any atom is -0.476 e. The number of aromatic amines is 1. The zero-order valence-corrected chi connectivity index (χ0v) is 12.2. The molecule has 0 saturated carbocycles. The van der Waals surface area contributed by atoms with Gasteiger partial charge >= 0.3 is 12.0 Å². The van der Waals surface area contributed by atoms with E-state index in [9.17, 15) is 9.59 Å². The number of benzene rings is 1. The van der Waals surface area contributed by atoms with Gasteiger partial charge in [-0.25, -0.2) is 9.59 Å². The lowest BCUT2D eigenvalue weighted by Gasteiger charge is -2.27. The number of aromatic carboxylic acids is 1. The van der Waals surface area contributed by atoms with Gasteiger partial charge in [-0.05, 0) is 24.3 Å². The molecule has 2 heterocycles. The van der Waals surface area contributed by atoms with E-state index in [4.69, 9.17) is 16.7 Å². The van der Waals surface area contributed by atoms with Crippen LogP contribution in [0.2, 0.25) is 5.02 Å². The van der Waals surface area contributed by atoms with E-state index in [2.05, 4.69) is 15.5 Å². The highest BCUT2D eigenvalue weighted by atomic mass is 35.5. The van der Waals surface area contributed by atoms with Crippen LogP contribution in [-0.4, -0.2) is 38.7 Å². The maximum atomic E-state index is 12.3. The summed E-state index contributed by atoms with van der Waals surface area (Å²) >= 11 is 5.80. The van der Waals surface area contributed by atoms with Crippen LogP contribution in [-0.2, 0) is 13.0 Å². The first-order chi connectivity index (χ1) is 10.5. The van der Waals surface area contributed by atoms with Gasteiger partial charge in [-0.1, -0.05) is 11.6 Å². The van der Waals surface area contributed by atoms with E-state index in [1.54, 1.807) is 29.2 Å². The lowest BCUT2D eigenvalue weighted by atomic mass is 10.1. The van der Waals surface area contributed by atoms with Crippen LogP contribution >= 0.6 is 11.6 Å². The minimum atomic E-state index is -1.10.